The van der Waals surface area contributed by atoms with Gasteiger partial charge in [0, 0.05) is 28.9 Å². The van der Waals surface area contributed by atoms with Gasteiger partial charge in [-0.15, -0.1) is 35.3 Å². The van der Waals surface area contributed by atoms with Crippen molar-refractivity contribution in [1.29, 1.82) is 0 Å². The zero-order chi connectivity index (χ0) is 19.8. The second kappa shape index (κ2) is 11.5. The number of guanidine groups is 1. The normalized spacial score (nSPS) is 16.0. The van der Waals surface area contributed by atoms with E-state index >= 15 is 0 Å². The summed E-state index contributed by atoms with van der Waals surface area (Å²) in [6.45, 7) is 4.35. The summed E-state index contributed by atoms with van der Waals surface area (Å²) in [6.07, 6.45) is 6.38. The molecule has 0 saturated heterocycles. The molecule has 1 aromatic heterocycles. The number of nitrogens with one attached hydrogen (secondary N) is 2. The molecular weight excluding hydrogens is 495 g/mol. The van der Waals surface area contributed by atoms with Crippen molar-refractivity contribution in [1.82, 2.24) is 10.6 Å². The lowest BCUT2D eigenvalue weighted by Gasteiger charge is -2.37. The molecule has 0 bridgehead atoms. The number of aliphatic imine (C=N–C) groups is 1. The van der Waals surface area contributed by atoms with Gasteiger partial charge in [-0.1, -0.05) is 37.5 Å². The van der Waals surface area contributed by atoms with E-state index in [0.29, 0.717) is 12.1 Å². The number of benzene rings is 1. The third kappa shape index (κ3) is 6.44. The molecule has 29 heavy (non-hydrogen) atoms. The van der Waals surface area contributed by atoms with Gasteiger partial charge in [-0.2, -0.15) is 0 Å². The molecule has 4 N–H and O–H groups in total. The third-order valence-electron chi connectivity index (χ3n) is 5.45. The molecule has 158 valence electrons. The molecule has 3 rings (SSSR count). The van der Waals surface area contributed by atoms with Crippen LogP contribution in [0.1, 0.15) is 59.8 Å². The minimum atomic E-state index is -0.406. The van der Waals surface area contributed by atoms with E-state index in [2.05, 4.69) is 35.1 Å². The number of hydrogen-bond acceptors (Lipinski definition) is 3. The Bertz CT molecular complexity index is 784. The third-order valence-corrected chi connectivity index (χ3v) is 6.57. The molecule has 0 aliphatic heterocycles. The summed E-state index contributed by atoms with van der Waals surface area (Å²) in [5, 5.41) is 9.12. The summed E-state index contributed by atoms with van der Waals surface area (Å²) in [5.74, 6) is 0.430. The first kappa shape index (κ1) is 23.7. The van der Waals surface area contributed by atoms with E-state index in [1.54, 1.807) is 12.1 Å². The van der Waals surface area contributed by atoms with Gasteiger partial charge in [0.15, 0.2) is 5.96 Å². The van der Waals surface area contributed by atoms with Crippen molar-refractivity contribution < 1.29 is 4.79 Å². The molecular formula is C22H31IN4OS. The zero-order valence-electron chi connectivity index (χ0n) is 16.9. The fraction of sp³-hybridized carbons (Fsp3) is 0.455. The molecule has 0 radical (unpaired) electrons. The second-order valence-electron chi connectivity index (χ2n) is 7.43. The predicted octanol–water partition coefficient (Wildman–Crippen LogP) is 4.42. The Morgan fingerprint density at radius 2 is 1.86 bits per heavy atom. The lowest BCUT2D eigenvalue weighted by molar-refractivity contribution is 0.100. The number of hydrogen-bond donors (Lipinski definition) is 3. The molecule has 2 aromatic rings. The highest BCUT2D eigenvalue weighted by molar-refractivity contribution is 14.0. The van der Waals surface area contributed by atoms with Gasteiger partial charge in [-0.25, -0.2) is 4.99 Å². The van der Waals surface area contributed by atoms with Crippen LogP contribution in [-0.2, 0) is 12.0 Å². The fourth-order valence-corrected chi connectivity index (χ4v) is 4.85. The van der Waals surface area contributed by atoms with Crippen LogP contribution in [-0.4, -0.2) is 25.0 Å². The van der Waals surface area contributed by atoms with Gasteiger partial charge in [0.25, 0.3) is 0 Å². The van der Waals surface area contributed by atoms with Crippen LogP contribution >= 0.6 is 35.3 Å². The van der Waals surface area contributed by atoms with E-state index in [-0.39, 0.29) is 29.4 Å². The Kier molecular flexibility index (Phi) is 9.42. The summed E-state index contributed by atoms with van der Waals surface area (Å²) in [7, 11) is 0. The number of primary amides is 1. The number of carbonyl (C=O) groups is 1. The van der Waals surface area contributed by atoms with Gasteiger partial charge >= 0.3 is 0 Å². The van der Waals surface area contributed by atoms with E-state index in [1.165, 1.54) is 37.0 Å². The lowest BCUT2D eigenvalue weighted by Crippen LogP contribution is -2.46. The van der Waals surface area contributed by atoms with Gasteiger partial charge in [0.1, 0.15) is 0 Å². The Morgan fingerprint density at radius 3 is 2.45 bits per heavy atom. The molecule has 1 fully saturated rings. The highest BCUT2D eigenvalue weighted by Gasteiger charge is 2.34. The number of carbonyl (C=O) groups excluding carboxylic acids is 1. The molecule has 1 saturated carbocycles. The molecule has 1 aromatic carbocycles. The monoisotopic (exact) mass is 526 g/mol. The van der Waals surface area contributed by atoms with Crippen LogP contribution in [0.4, 0.5) is 0 Å². The summed E-state index contributed by atoms with van der Waals surface area (Å²) < 4.78 is 0. The highest BCUT2D eigenvalue weighted by Crippen LogP contribution is 2.41. The number of rotatable bonds is 7. The Labute approximate surface area is 194 Å². The summed E-state index contributed by atoms with van der Waals surface area (Å²) >= 11 is 1.87. The van der Waals surface area contributed by atoms with E-state index in [9.17, 15) is 4.79 Å². The second-order valence-corrected chi connectivity index (χ2v) is 8.38. The number of nitrogens with two attached hydrogens (primary N) is 1. The van der Waals surface area contributed by atoms with Crippen molar-refractivity contribution in [2.75, 3.05) is 13.1 Å². The van der Waals surface area contributed by atoms with Crippen LogP contribution in [0.25, 0.3) is 0 Å². The van der Waals surface area contributed by atoms with Crippen molar-refractivity contribution in [3.05, 3.63) is 57.8 Å². The Balaban J connectivity index is 0.00000300. The molecule has 1 heterocycles. The van der Waals surface area contributed by atoms with Gasteiger partial charge in [0.2, 0.25) is 5.91 Å². The smallest absolute Gasteiger partial charge is 0.248 e. The molecule has 0 unspecified atom stereocenters. The maximum absolute atomic E-state index is 11.2. The van der Waals surface area contributed by atoms with Crippen molar-refractivity contribution >= 4 is 47.2 Å². The van der Waals surface area contributed by atoms with Crippen LogP contribution in [0.15, 0.2) is 46.8 Å². The zero-order valence-corrected chi connectivity index (χ0v) is 20.1. The quantitative estimate of drug-likeness (QED) is 0.284. The van der Waals surface area contributed by atoms with Crippen LogP contribution in [0.2, 0.25) is 0 Å². The minimum absolute atomic E-state index is 0. The summed E-state index contributed by atoms with van der Waals surface area (Å²) in [5.41, 5.74) is 7.09. The molecule has 1 aliphatic carbocycles. The van der Waals surface area contributed by atoms with E-state index in [1.807, 2.05) is 23.5 Å². The molecule has 7 heteroatoms. The van der Waals surface area contributed by atoms with Crippen LogP contribution in [0, 0.1) is 0 Å². The maximum Gasteiger partial charge on any atom is 0.248 e. The Morgan fingerprint density at radius 1 is 1.14 bits per heavy atom. The van der Waals surface area contributed by atoms with Gasteiger partial charge < -0.3 is 16.4 Å². The number of halogens is 1. The maximum atomic E-state index is 11.2. The first-order valence-electron chi connectivity index (χ1n) is 10.1. The van der Waals surface area contributed by atoms with Crippen molar-refractivity contribution in [2.24, 2.45) is 10.7 Å². The first-order valence-corrected chi connectivity index (χ1v) is 11.0. The van der Waals surface area contributed by atoms with Gasteiger partial charge in [-0.3, -0.25) is 4.79 Å². The van der Waals surface area contributed by atoms with Crippen LogP contribution in [0.3, 0.4) is 0 Å². The van der Waals surface area contributed by atoms with Crippen molar-refractivity contribution in [3.8, 4) is 0 Å². The Hall–Kier alpha value is -1.61. The topological polar surface area (TPSA) is 79.5 Å². The first-order chi connectivity index (χ1) is 13.6. The highest BCUT2D eigenvalue weighted by atomic mass is 127. The summed E-state index contributed by atoms with van der Waals surface area (Å²) in [6, 6.07) is 11.7. The predicted molar refractivity (Wildman–Crippen MR) is 132 cm³/mol. The largest absolute Gasteiger partial charge is 0.366 e. The minimum Gasteiger partial charge on any atom is -0.366 e. The molecule has 0 atom stereocenters. The van der Waals surface area contributed by atoms with Crippen LogP contribution < -0.4 is 16.4 Å². The standard InChI is InChI=1S/C22H30N4OS.HI/c1-2-24-21(25-15-17-8-10-18(11-9-17)20(23)27)26-16-22(12-4-3-5-13-22)19-7-6-14-28-19;/h6-11,14H,2-5,12-13,15-16H2,1H3,(H2,23,27)(H2,24,25,26);1H. The van der Waals surface area contributed by atoms with Gasteiger partial charge in [0.05, 0.1) is 6.54 Å². The molecule has 5 nitrogen and oxygen atoms in total. The molecule has 1 aliphatic rings. The molecule has 1 amide bonds. The van der Waals surface area contributed by atoms with E-state index < -0.39 is 5.91 Å². The lowest BCUT2D eigenvalue weighted by atomic mass is 9.73. The number of amides is 1. The fourth-order valence-electron chi connectivity index (χ4n) is 3.86. The number of thiophene rings is 1. The SMILES string of the molecule is CCNC(=NCc1ccc(C(N)=O)cc1)NCC1(c2cccs2)CCCCC1.I. The average molecular weight is 526 g/mol. The van der Waals surface area contributed by atoms with Crippen LogP contribution in [0.5, 0.6) is 0 Å². The van der Waals surface area contributed by atoms with Crippen molar-refractivity contribution in [2.45, 2.75) is 51.0 Å². The van der Waals surface area contributed by atoms with E-state index in [0.717, 1.165) is 24.6 Å². The molecule has 0 spiro atoms. The van der Waals surface area contributed by atoms with E-state index in [4.69, 9.17) is 10.7 Å². The van der Waals surface area contributed by atoms with Crippen molar-refractivity contribution in [3.63, 3.8) is 0 Å². The van der Waals surface area contributed by atoms with Gasteiger partial charge in [-0.05, 0) is 48.9 Å². The average Bonchev–Trinajstić information content (AvgIpc) is 3.27. The number of nitrogens with zero attached hydrogens (tertiary/aromatic N) is 1. The summed E-state index contributed by atoms with van der Waals surface area (Å²) in [4.78, 5) is 17.4.